The molecule has 8 heteroatoms. The van der Waals surface area contributed by atoms with E-state index in [0.717, 1.165) is 0 Å². The fourth-order valence-corrected chi connectivity index (χ4v) is 5.86. The summed E-state index contributed by atoms with van der Waals surface area (Å²) in [5, 5.41) is 42.2. The number of amides is 1. The van der Waals surface area contributed by atoms with Gasteiger partial charge in [-0.05, 0) is 49.5 Å². The van der Waals surface area contributed by atoms with Gasteiger partial charge in [0.15, 0.2) is 17.4 Å². The molecule has 0 aromatic heterocycles. The Bertz CT molecular complexity index is 783. The number of fused-ring (bicyclic) bond motifs is 3. The monoisotopic (exact) mass is 377 g/mol. The average Bonchev–Trinajstić information content (AvgIpc) is 2.52. The van der Waals surface area contributed by atoms with Crippen molar-refractivity contribution < 1.29 is 34.8 Å². The zero-order valence-electron chi connectivity index (χ0n) is 14.6. The van der Waals surface area contributed by atoms with Crippen molar-refractivity contribution in [2.75, 3.05) is 0 Å². The predicted molar refractivity (Wildman–Crippen MR) is 90.6 cm³/mol. The van der Waals surface area contributed by atoms with Crippen LogP contribution in [0.15, 0.2) is 23.5 Å². The van der Waals surface area contributed by atoms with Crippen LogP contribution in [0.2, 0.25) is 0 Å². The molecule has 4 aliphatic rings. The highest BCUT2D eigenvalue weighted by atomic mass is 16.5. The molecular formula is C19H23NO7. The van der Waals surface area contributed by atoms with E-state index in [1.807, 2.05) is 0 Å². The van der Waals surface area contributed by atoms with E-state index in [1.54, 1.807) is 6.08 Å². The van der Waals surface area contributed by atoms with E-state index < -0.39 is 53.0 Å². The number of ketones is 2. The standard InChI is InChI=1S/C19H23NO7/c20-18(25)13-11(22)6-9-5-8-4-7-2-1-3-10(21)12(7)16(23)14(8)19(26,27)15(9)17(13)24/h1,3,7-9,11,13-15,21-22,26-27H,2,4-6H2,(H2,20,25). The Kier molecular flexibility index (Phi) is 4.06. The van der Waals surface area contributed by atoms with Crippen LogP contribution in [-0.2, 0) is 14.4 Å². The number of hydrogen-bond donors (Lipinski definition) is 5. The van der Waals surface area contributed by atoms with Crippen LogP contribution in [0, 0.1) is 35.5 Å². The minimum Gasteiger partial charge on any atom is -0.508 e. The quantitative estimate of drug-likeness (QED) is 0.299. The molecule has 0 aromatic carbocycles. The van der Waals surface area contributed by atoms with Gasteiger partial charge in [0.1, 0.15) is 11.7 Å². The SMILES string of the molecule is NC(=O)C1C(=O)C2C(CC1O)CC1CC3CC=CC(O)=C3C(=O)C1C2(O)O. The lowest BCUT2D eigenvalue weighted by atomic mass is 9.52. The molecule has 0 aliphatic heterocycles. The van der Waals surface area contributed by atoms with Crippen LogP contribution in [0.3, 0.4) is 0 Å². The molecule has 0 bridgehead atoms. The second kappa shape index (κ2) is 5.98. The molecule has 7 unspecified atom stereocenters. The number of Topliss-reactive ketones (excluding diaryl/α,β-unsaturated/α-hetero) is 2. The lowest BCUT2D eigenvalue weighted by molar-refractivity contribution is -0.272. The Balaban J connectivity index is 1.75. The molecule has 3 fully saturated rings. The minimum absolute atomic E-state index is 0.0445. The Hall–Kier alpha value is -2.03. The molecule has 7 atom stereocenters. The number of nitrogens with two attached hydrogens (primary N) is 1. The first-order valence-electron chi connectivity index (χ1n) is 9.24. The van der Waals surface area contributed by atoms with Crippen molar-refractivity contribution in [1.29, 1.82) is 0 Å². The molecule has 8 nitrogen and oxygen atoms in total. The molecule has 146 valence electrons. The van der Waals surface area contributed by atoms with Crippen molar-refractivity contribution in [2.45, 2.75) is 37.6 Å². The summed E-state index contributed by atoms with van der Waals surface area (Å²) in [7, 11) is 0. The summed E-state index contributed by atoms with van der Waals surface area (Å²) in [6.45, 7) is 0. The Morgan fingerprint density at radius 2 is 1.78 bits per heavy atom. The van der Waals surface area contributed by atoms with Crippen LogP contribution in [0.1, 0.15) is 25.7 Å². The van der Waals surface area contributed by atoms with E-state index in [9.17, 15) is 34.8 Å². The molecule has 4 rings (SSSR count). The first-order valence-corrected chi connectivity index (χ1v) is 9.24. The second-order valence-corrected chi connectivity index (χ2v) is 8.31. The molecule has 0 saturated heterocycles. The van der Waals surface area contributed by atoms with Gasteiger partial charge in [-0.25, -0.2) is 0 Å². The molecular weight excluding hydrogens is 354 g/mol. The molecule has 27 heavy (non-hydrogen) atoms. The molecule has 4 aliphatic carbocycles. The fraction of sp³-hybridized carbons (Fsp3) is 0.632. The van der Waals surface area contributed by atoms with Crippen LogP contribution in [-0.4, -0.2) is 49.8 Å². The van der Waals surface area contributed by atoms with Gasteiger partial charge in [0, 0.05) is 5.57 Å². The topological polar surface area (TPSA) is 158 Å². The van der Waals surface area contributed by atoms with Crippen LogP contribution >= 0.6 is 0 Å². The number of aliphatic hydroxyl groups excluding tert-OH is 2. The lowest BCUT2D eigenvalue weighted by Gasteiger charge is -2.54. The maximum atomic E-state index is 13.1. The smallest absolute Gasteiger partial charge is 0.230 e. The third kappa shape index (κ3) is 2.50. The molecule has 0 heterocycles. The molecule has 0 radical (unpaired) electrons. The highest BCUT2D eigenvalue weighted by molar-refractivity contribution is 6.05. The van der Waals surface area contributed by atoms with Gasteiger partial charge >= 0.3 is 0 Å². The number of primary amides is 1. The number of aliphatic hydroxyl groups is 4. The molecule has 1 amide bonds. The van der Waals surface area contributed by atoms with Gasteiger partial charge in [-0.15, -0.1) is 0 Å². The summed E-state index contributed by atoms with van der Waals surface area (Å²) in [5.74, 6) is -10.5. The van der Waals surface area contributed by atoms with E-state index in [2.05, 4.69) is 0 Å². The van der Waals surface area contributed by atoms with Crippen LogP contribution in [0.5, 0.6) is 0 Å². The Morgan fingerprint density at radius 3 is 2.44 bits per heavy atom. The zero-order valence-corrected chi connectivity index (χ0v) is 14.6. The van der Waals surface area contributed by atoms with Crippen LogP contribution in [0.4, 0.5) is 0 Å². The lowest BCUT2D eigenvalue weighted by Crippen LogP contribution is -2.66. The van der Waals surface area contributed by atoms with Crippen molar-refractivity contribution in [3.05, 3.63) is 23.5 Å². The number of rotatable bonds is 1. The highest BCUT2D eigenvalue weighted by Crippen LogP contribution is 2.55. The van der Waals surface area contributed by atoms with Gasteiger partial charge in [-0.2, -0.15) is 0 Å². The number of carbonyl (C=O) groups is 3. The summed E-state index contributed by atoms with van der Waals surface area (Å²) in [6, 6.07) is 0. The molecule has 0 spiro atoms. The van der Waals surface area contributed by atoms with Gasteiger partial charge in [0.25, 0.3) is 0 Å². The fourth-order valence-electron chi connectivity index (χ4n) is 5.86. The molecule has 3 saturated carbocycles. The van der Waals surface area contributed by atoms with Gasteiger partial charge < -0.3 is 26.2 Å². The normalized spacial score (nSPS) is 43.0. The van der Waals surface area contributed by atoms with E-state index in [0.29, 0.717) is 19.3 Å². The van der Waals surface area contributed by atoms with Crippen molar-refractivity contribution in [2.24, 2.45) is 41.2 Å². The number of allylic oxidation sites excluding steroid dienone is 3. The van der Waals surface area contributed by atoms with Crippen molar-refractivity contribution in [3.63, 3.8) is 0 Å². The van der Waals surface area contributed by atoms with Gasteiger partial charge in [0.05, 0.1) is 17.9 Å². The zero-order chi connectivity index (χ0) is 19.7. The van der Waals surface area contributed by atoms with Crippen molar-refractivity contribution in [1.82, 2.24) is 0 Å². The van der Waals surface area contributed by atoms with E-state index >= 15 is 0 Å². The van der Waals surface area contributed by atoms with Gasteiger partial charge in [-0.1, -0.05) is 6.08 Å². The minimum atomic E-state index is -2.66. The third-order valence-electron chi connectivity index (χ3n) is 6.83. The van der Waals surface area contributed by atoms with E-state index in [4.69, 9.17) is 5.73 Å². The number of hydrogen-bond acceptors (Lipinski definition) is 7. The summed E-state index contributed by atoms with van der Waals surface area (Å²) >= 11 is 0. The Labute approximate surface area is 155 Å². The van der Waals surface area contributed by atoms with Crippen molar-refractivity contribution in [3.8, 4) is 0 Å². The average molecular weight is 377 g/mol. The summed E-state index contributed by atoms with van der Waals surface area (Å²) in [4.78, 5) is 37.4. The van der Waals surface area contributed by atoms with E-state index in [1.165, 1.54) is 6.08 Å². The van der Waals surface area contributed by atoms with Gasteiger partial charge in [-0.3, -0.25) is 14.4 Å². The maximum absolute atomic E-state index is 13.1. The van der Waals surface area contributed by atoms with Crippen LogP contribution in [0.25, 0.3) is 0 Å². The summed E-state index contributed by atoms with van der Waals surface area (Å²) in [6.07, 6.45) is 3.42. The summed E-state index contributed by atoms with van der Waals surface area (Å²) in [5.41, 5.74) is 5.41. The highest BCUT2D eigenvalue weighted by Gasteiger charge is 2.64. The largest absolute Gasteiger partial charge is 0.508 e. The second-order valence-electron chi connectivity index (χ2n) is 8.31. The van der Waals surface area contributed by atoms with Gasteiger partial charge in [0.2, 0.25) is 5.91 Å². The predicted octanol–water partition coefficient (Wildman–Crippen LogP) is -0.668. The third-order valence-corrected chi connectivity index (χ3v) is 6.83. The first-order chi connectivity index (χ1) is 12.6. The van der Waals surface area contributed by atoms with Crippen molar-refractivity contribution >= 4 is 17.5 Å². The molecule has 0 aromatic rings. The molecule has 6 N–H and O–H groups in total. The maximum Gasteiger partial charge on any atom is 0.230 e. The summed E-state index contributed by atoms with van der Waals surface area (Å²) < 4.78 is 0. The first kappa shape index (κ1) is 18.3. The Morgan fingerprint density at radius 1 is 1.11 bits per heavy atom. The van der Waals surface area contributed by atoms with E-state index in [-0.39, 0.29) is 29.6 Å². The van der Waals surface area contributed by atoms with Crippen LogP contribution < -0.4 is 5.73 Å². The number of carbonyl (C=O) groups excluding carboxylic acids is 3.